The van der Waals surface area contributed by atoms with Crippen molar-refractivity contribution in [3.63, 3.8) is 0 Å². The third kappa shape index (κ3) is 3.32. The highest BCUT2D eigenvalue weighted by Gasteiger charge is 2.27. The summed E-state index contributed by atoms with van der Waals surface area (Å²) in [5, 5.41) is 14.7. The van der Waals surface area contributed by atoms with E-state index in [2.05, 4.69) is 10.6 Å². The monoisotopic (exact) mass is 276 g/mol. The highest BCUT2D eigenvalue weighted by molar-refractivity contribution is 5.81. The van der Waals surface area contributed by atoms with Gasteiger partial charge in [-0.3, -0.25) is 9.69 Å². The van der Waals surface area contributed by atoms with Crippen LogP contribution < -0.4 is 10.6 Å². The van der Waals surface area contributed by atoms with Crippen LogP contribution in [0.5, 0.6) is 0 Å². The lowest BCUT2D eigenvalue weighted by atomic mass is 10.1. The Morgan fingerprint density at radius 1 is 1.60 bits per heavy atom. The van der Waals surface area contributed by atoms with E-state index >= 15 is 0 Å². The number of hydrogen-bond donors (Lipinski definition) is 2. The quantitative estimate of drug-likeness (QED) is 0.828. The van der Waals surface area contributed by atoms with Gasteiger partial charge in [0.1, 0.15) is 11.9 Å². The van der Waals surface area contributed by atoms with Gasteiger partial charge >= 0.3 is 0 Å². The molecule has 0 bridgehead atoms. The molecule has 1 aromatic carbocycles. The van der Waals surface area contributed by atoms with Crippen molar-refractivity contribution >= 4 is 5.91 Å². The minimum Gasteiger partial charge on any atom is -0.358 e. The van der Waals surface area contributed by atoms with Crippen LogP contribution in [0.3, 0.4) is 0 Å². The second-order valence-corrected chi connectivity index (χ2v) is 4.76. The standard InChI is InChI=1S/C14H17FN4O/c1-17-14(20)13-8-18-2-3-19(13)9-11-4-10(7-16)5-12(15)6-11/h4-6,13,18H,2-3,8-9H2,1H3,(H,17,20). The number of nitrogens with one attached hydrogen (secondary N) is 2. The molecule has 1 aliphatic rings. The Morgan fingerprint density at radius 2 is 2.40 bits per heavy atom. The Balaban J connectivity index is 2.16. The van der Waals surface area contributed by atoms with Gasteiger partial charge in [0.15, 0.2) is 0 Å². The first-order valence-electron chi connectivity index (χ1n) is 6.50. The molecule has 20 heavy (non-hydrogen) atoms. The average molecular weight is 276 g/mol. The summed E-state index contributed by atoms with van der Waals surface area (Å²) in [5.74, 6) is -0.486. The van der Waals surface area contributed by atoms with Crippen molar-refractivity contribution in [2.75, 3.05) is 26.7 Å². The van der Waals surface area contributed by atoms with Crippen LogP contribution in [-0.4, -0.2) is 43.5 Å². The van der Waals surface area contributed by atoms with E-state index in [1.54, 1.807) is 13.1 Å². The summed E-state index contributed by atoms with van der Waals surface area (Å²) < 4.78 is 13.4. The molecular weight excluding hydrogens is 259 g/mol. The Labute approximate surface area is 117 Å². The fourth-order valence-electron chi connectivity index (χ4n) is 2.40. The maximum absolute atomic E-state index is 13.4. The van der Waals surface area contributed by atoms with Gasteiger partial charge in [0.25, 0.3) is 0 Å². The van der Waals surface area contributed by atoms with Crippen molar-refractivity contribution in [1.82, 2.24) is 15.5 Å². The lowest BCUT2D eigenvalue weighted by molar-refractivity contribution is -0.126. The largest absolute Gasteiger partial charge is 0.358 e. The molecule has 2 N–H and O–H groups in total. The Kier molecular flexibility index (Phi) is 4.66. The Morgan fingerprint density at radius 3 is 3.10 bits per heavy atom. The number of nitriles is 1. The molecule has 1 heterocycles. The molecule has 5 nitrogen and oxygen atoms in total. The molecular formula is C14H17FN4O. The fourth-order valence-corrected chi connectivity index (χ4v) is 2.40. The minimum absolute atomic E-state index is 0.0610. The summed E-state index contributed by atoms with van der Waals surface area (Å²) in [7, 11) is 1.60. The predicted octanol–water partition coefficient (Wildman–Crippen LogP) is 0.217. The Bertz CT molecular complexity index is 540. The molecule has 1 unspecified atom stereocenters. The molecule has 0 radical (unpaired) electrons. The summed E-state index contributed by atoms with van der Waals surface area (Å²) in [5.41, 5.74) is 1.00. The zero-order chi connectivity index (χ0) is 14.5. The number of carbonyl (C=O) groups is 1. The summed E-state index contributed by atoms with van der Waals surface area (Å²) in [6.07, 6.45) is 0. The molecule has 1 aliphatic heterocycles. The van der Waals surface area contributed by atoms with Gasteiger partial charge in [-0.2, -0.15) is 5.26 Å². The molecule has 0 spiro atoms. The second kappa shape index (κ2) is 6.46. The number of piperazine rings is 1. The number of likely N-dealkylation sites (N-methyl/N-ethyl adjacent to an activating group) is 1. The Hall–Kier alpha value is -1.97. The van der Waals surface area contributed by atoms with Gasteiger partial charge in [0, 0.05) is 33.2 Å². The number of benzene rings is 1. The van der Waals surface area contributed by atoms with Crippen molar-refractivity contribution in [3.05, 3.63) is 35.1 Å². The van der Waals surface area contributed by atoms with Gasteiger partial charge in [0.05, 0.1) is 11.6 Å². The van der Waals surface area contributed by atoms with Gasteiger partial charge in [-0.05, 0) is 23.8 Å². The van der Waals surface area contributed by atoms with Gasteiger partial charge in [-0.1, -0.05) is 0 Å². The molecule has 1 saturated heterocycles. The van der Waals surface area contributed by atoms with Crippen LogP contribution >= 0.6 is 0 Å². The summed E-state index contributed by atoms with van der Waals surface area (Å²) in [4.78, 5) is 13.8. The molecule has 1 aromatic rings. The third-order valence-electron chi connectivity index (χ3n) is 3.38. The molecule has 106 valence electrons. The lowest BCUT2D eigenvalue weighted by Crippen LogP contribution is -2.56. The average Bonchev–Trinajstić information content (AvgIpc) is 2.46. The third-order valence-corrected chi connectivity index (χ3v) is 3.38. The van der Waals surface area contributed by atoms with Crippen molar-refractivity contribution in [2.45, 2.75) is 12.6 Å². The number of carbonyl (C=O) groups excluding carboxylic acids is 1. The van der Waals surface area contributed by atoms with Crippen LogP contribution in [0.25, 0.3) is 0 Å². The fraction of sp³-hybridized carbons (Fsp3) is 0.429. The topological polar surface area (TPSA) is 68.2 Å². The van der Waals surface area contributed by atoms with Crippen molar-refractivity contribution in [3.8, 4) is 6.07 Å². The molecule has 0 aromatic heterocycles. The van der Waals surface area contributed by atoms with Crippen LogP contribution in [0.15, 0.2) is 18.2 Å². The maximum atomic E-state index is 13.4. The number of halogens is 1. The van der Waals surface area contributed by atoms with E-state index < -0.39 is 5.82 Å². The van der Waals surface area contributed by atoms with Crippen molar-refractivity contribution < 1.29 is 9.18 Å². The zero-order valence-electron chi connectivity index (χ0n) is 11.3. The van der Waals surface area contributed by atoms with E-state index in [0.29, 0.717) is 30.8 Å². The predicted molar refractivity (Wildman–Crippen MR) is 72.2 cm³/mol. The molecule has 2 rings (SSSR count). The smallest absolute Gasteiger partial charge is 0.238 e. The van der Waals surface area contributed by atoms with Gasteiger partial charge < -0.3 is 10.6 Å². The van der Waals surface area contributed by atoms with E-state index in [9.17, 15) is 9.18 Å². The van der Waals surface area contributed by atoms with Crippen LogP contribution in [0, 0.1) is 17.1 Å². The molecule has 0 aliphatic carbocycles. The molecule has 6 heteroatoms. The lowest BCUT2D eigenvalue weighted by Gasteiger charge is -2.34. The van der Waals surface area contributed by atoms with Crippen molar-refractivity contribution in [1.29, 1.82) is 5.26 Å². The number of hydrogen-bond acceptors (Lipinski definition) is 4. The second-order valence-electron chi connectivity index (χ2n) is 4.76. The molecule has 1 atom stereocenters. The van der Waals surface area contributed by atoms with Crippen LogP contribution in [0.4, 0.5) is 4.39 Å². The first-order chi connectivity index (χ1) is 9.63. The van der Waals surface area contributed by atoms with Gasteiger partial charge in [-0.15, -0.1) is 0 Å². The van der Waals surface area contributed by atoms with E-state index in [0.717, 1.165) is 6.54 Å². The van der Waals surface area contributed by atoms with Gasteiger partial charge in [-0.25, -0.2) is 4.39 Å². The molecule has 1 amide bonds. The van der Waals surface area contributed by atoms with E-state index in [1.807, 2.05) is 11.0 Å². The summed E-state index contributed by atoms with van der Waals surface area (Å²) >= 11 is 0. The highest BCUT2D eigenvalue weighted by Crippen LogP contribution is 2.14. The normalized spacial score (nSPS) is 19.4. The van der Waals surface area contributed by atoms with Crippen molar-refractivity contribution in [2.24, 2.45) is 0 Å². The van der Waals surface area contributed by atoms with E-state index in [4.69, 9.17) is 5.26 Å². The van der Waals surface area contributed by atoms with Gasteiger partial charge in [0.2, 0.25) is 5.91 Å². The number of rotatable bonds is 3. The molecule has 0 saturated carbocycles. The summed E-state index contributed by atoms with van der Waals surface area (Å²) in [6.45, 7) is 2.51. The molecule has 1 fully saturated rings. The first-order valence-corrected chi connectivity index (χ1v) is 6.50. The van der Waals surface area contributed by atoms with E-state index in [1.165, 1.54) is 12.1 Å². The van der Waals surface area contributed by atoms with Crippen LogP contribution in [0.2, 0.25) is 0 Å². The maximum Gasteiger partial charge on any atom is 0.238 e. The summed E-state index contributed by atoms with van der Waals surface area (Å²) in [6, 6.07) is 5.94. The van der Waals surface area contributed by atoms with E-state index in [-0.39, 0.29) is 11.9 Å². The number of amides is 1. The zero-order valence-corrected chi connectivity index (χ0v) is 11.3. The minimum atomic E-state index is -0.425. The highest BCUT2D eigenvalue weighted by atomic mass is 19.1. The SMILES string of the molecule is CNC(=O)C1CNCCN1Cc1cc(F)cc(C#N)c1. The first kappa shape index (κ1) is 14.4. The van der Waals surface area contributed by atoms with Crippen LogP contribution in [-0.2, 0) is 11.3 Å². The van der Waals surface area contributed by atoms with Crippen LogP contribution in [0.1, 0.15) is 11.1 Å². The number of nitrogens with zero attached hydrogens (tertiary/aromatic N) is 2.